The molecule has 0 fully saturated rings. The van der Waals surface area contributed by atoms with E-state index in [1.54, 1.807) is 6.20 Å². The van der Waals surface area contributed by atoms with E-state index in [-0.39, 0.29) is 6.04 Å². The van der Waals surface area contributed by atoms with Crippen LogP contribution in [0.1, 0.15) is 31.0 Å². The lowest BCUT2D eigenvalue weighted by molar-refractivity contribution is 0.335. The number of nitrogens with two attached hydrogens (primary N) is 1. The second-order valence-electron chi connectivity index (χ2n) is 4.29. The van der Waals surface area contributed by atoms with E-state index in [0.29, 0.717) is 13.2 Å². The first-order valence-electron chi connectivity index (χ1n) is 6.19. The Balaban J connectivity index is 2.31. The zero-order chi connectivity index (χ0) is 13.0. The van der Waals surface area contributed by atoms with Crippen LogP contribution in [-0.2, 0) is 6.54 Å². The van der Waals surface area contributed by atoms with Crippen molar-refractivity contribution in [2.75, 3.05) is 6.61 Å². The van der Waals surface area contributed by atoms with Gasteiger partial charge < -0.3 is 10.5 Å². The third-order valence-corrected chi connectivity index (χ3v) is 2.80. The topological polar surface area (TPSA) is 53.1 Å². The lowest BCUT2D eigenvalue weighted by Gasteiger charge is -2.14. The SMILES string of the molecule is CCOc1ccc(C(C)N)cc1Cn1cccn1. The average molecular weight is 245 g/mol. The summed E-state index contributed by atoms with van der Waals surface area (Å²) in [5.41, 5.74) is 8.14. The van der Waals surface area contributed by atoms with E-state index >= 15 is 0 Å². The van der Waals surface area contributed by atoms with Crippen molar-refractivity contribution >= 4 is 0 Å². The molecule has 2 aromatic rings. The van der Waals surface area contributed by atoms with Crippen LogP contribution in [0.15, 0.2) is 36.7 Å². The molecule has 4 nitrogen and oxygen atoms in total. The predicted octanol–water partition coefficient (Wildman–Crippen LogP) is 2.35. The van der Waals surface area contributed by atoms with Crippen molar-refractivity contribution in [3.05, 3.63) is 47.8 Å². The zero-order valence-electron chi connectivity index (χ0n) is 10.8. The van der Waals surface area contributed by atoms with E-state index in [9.17, 15) is 0 Å². The van der Waals surface area contributed by atoms with Crippen molar-refractivity contribution in [3.63, 3.8) is 0 Å². The number of aromatic nitrogens is 2. The number of benzene rings is 1. The van der Waals surface area contributed by atoms with Crippen LogP contribution < -0.4 is 10.5 Å². The number of ether oxygens (including phenoxy) is 1. The van der Waals surface area contributed by atoms with Gasteiger partial charge >= 0.3 is 0 Å². The molecule has 4 heteroatoms. The van der Waals surface area contributed by atoms with Gasteiger partial charge in [0, 0.05) is 24.0 Å². The van der Waals surface area contributed by atoms with Crippen molar-refractivity contribution < 1.29 is 4.74 Å². The molecule has 2 rings (SSSR count). The van der Waals surface area contributed by atoms with Crippen molar-refractivity contribution in [2.24, 2.45) is 5.73 Å². The summed E-state index contributed by atoms with van der Waals surface area (Å²) in [6, 6.07) is 8.04. The van der Waals surface area contributed by atoms with Gasteiger partial charge in [-0.05, 0) is 37.6 Å². The third kappa shape index (κ3) is 2.90. The molecule has 0 saturated carbocycles. The fourth-order valence-corrected chi connectivity index (χ4v) is 1.87. The summed E-state index contributed by atoms with van der Waals surface area (Å²) in [6.07, 6.45) is 3.71. The van der Waals surface area contributed by atoms with E-state index < -0.39 is 0 Å². The van der Waals surface area contributed by atoms with Crippen LogP contribution in [0.2, 0.25) is 0 Å². The van der Waals surface area contributed by atoms with Gasteiger partial charge in [0.25, 0.3) is 0 Å². The van der Waals surface area contributed by atoms with Crippen LogP contribution in [0.5, 0.6) is 5.75 Å². The second kappa shape index (κ2) is 5.69. The molecule has 1 unspecified atom stereocenters. The highest BCUT2D eigenvalue weighted by Gasteiger charge is 2.08. The molecule has 0 bridgehead atoms. The summed E-state index contributed by atoms with van der Waals surface area (Å²) < 4.78 is 7.52. The Kier molecular flexibility index (Phi) is 3.99. The van der Waals surface area contributed by atoms with Gasteiger partial charge in [0.2, 0.25) is 0 Å². The van der Waals surface area contributed by atoms with E-state index in [0.717, 1.165) is 16.9 Å². The molecule has 1 atom stereocenters. The van der Waals surface area contributed by atoms with Gasteiger partial charge in [0.05, 0.1) is 13.2 Å². The summed E-state index contributed by atoms with van der Waals surface area (Å²) in [5, 5.41) is 4.22. The largest absolute Gasteiger partial charge is 0.494 e. The molecule has 1 aromatic carbocycles. The van der Waals surface area contributed by atoms with Crippen LogP contribution >= 0.6 is 0 Å². The maximum absolute atomic E-state index is 5.92. The van der Waals surface area contributed by atoms with Gasteiger partial charge in [0.15, 0.2) is 0 Å². The first kappa shape index (κ1) is 12.6. The average Bonchev–Trinajstić information content (AvgIpc) is 2.84. The summed E-state index contributed by atoms with van der Waals surface area (Å²) in [4.78, 5) is 0. The Morgan fingerprint density at radius 2 is 2.28 bits per heavy atom. The highest BCUT2D eigenvalue weighted by molar-refractivity contribution is 5.38. The van der Waals surface area contributed by atoms with Crippen molar-refractivity contribution in [1.82, 2.24) is 9.78 Å². The molecule has 1 aromatic heterocycles. The predicted molar refractivity (Wildman–Crippen MR) is 71.5 cm³/mol. The quantitative estimate of drug-likeness (QED) is 0.879. The molecule has 0 aliphatic heterocycles. The Morgan fingerprint density at radius 1 is 1.44 bits per heavy atom. The van der Waals surface area contributed by atoms with Gasteiger partial charge in [-0.1, -0.05) is 6.07 Å². The summed E-state index contributed by atoms with van der Waals surface area (Å²) >= 11 is 0. The van der Waals surface area contributed by atoms with Gasteiger partial charge in [-0.15, -0.1) is 0 Å². The Morgan fingerprint density at radius 3 is 2.89 bits per heavy atom. The summed E-state index contributed by atoms with van der Waals surface area (Å²) in [7, 11) is 0. The number of hydrogen-bond acceptors (Lipinski definition) is 3. The van der Waals surface area contributed by atoms with Gasteiger partial charge in [-0.25, -0.2) is 0 Å². The Labute approximate surface area is 107 Å². The highest BCUT2D eigenvalue weighted by atomic mass is 16.5. The highest BCUT2D eigenvalue weighted by Crippen LogP contribution is 2.23. The van der Waals surface area contributed by atoms with Crippen molar-refractivity contribution in [2.45, 2.75) is 26.4 Å². The molecule has 0 spiro atoms. The smallest absolute Gasteiger partial charge is 0.124 e. The van der Waals surface area contributed by atoms with Crippen LogP contribution in [0.4, 0.5) is 0 Å². The van der Waals surface area contributed by atoms with Crippen molar-refractivity contribution in [1.29, 1.82) is 0 Å². The summed E-state index contributed by atoms with van der Waals surface area (Å²) in [5.74, 6) is 0.900. The molecule has 0 radical (unpaired) electrons. The molecule has 18 heavy (non-hydrogen) atoms. The lowest BCUT2D eigenvalue weighted by atomic mass is 10.0. The molecular formula is C14H19N3O. The van der Waals surface area contributed by atoms with E-state index in [1.807, 2.05) is 42.9 Å². The molecule has 1 heterocycles. The van der Waals surface area contributed by atoms with Crippen LogP contribution in [0.3, 0.4) is 0 Å². The fourth-order valence-electron chi connectivity index (χ4n) is 1.87. The minimum atomic E-state index is 0.0250. The standard InChI is InChI=1S/C14H19N3O/c1-3-18-14-6-5-12(11(2)15)9-13(14)10-17-8-4-7-16-17/h4-9,11H,3,10,15H2,1-2H3. The molecule has 0 aliphatic carbocycles. The molecular weight excluding hydrogens is 226 g/mol. The van der Waals surface area contributed by atoms with E-state index in [1.165, 1.54) is 0 Å². The number of hydrogen-bond donors (Lipinski definition) is 1. The third-order valence-electron chi connectivity index (χ3n) is 2.80. The van der Waals surface area contributed by atoms with Crippen LogP contribution in [-0.4, -0.2) is 16.4 Å². The van der Waals surface area contributed by atoms with Gasteiger partial charge in [-0.3, -0.25) is 4.68 Å². The molecule has 96 valence electrons. The molecule has 0 amide bonds. The number of nitrogens with zero attached hydrogens (tertiary/aromatic N) is 2. The molecule has 2 N–H and O–H groups in total. The van der Waals surface area contributed by atoms with Crippen molar-refractivity contribution in [3.8, 4) is 5.75 Å². The fraction of sp³-hybridized carbons (Fsp3) is 0.357. The zero-order valence-corrected chi connectivity index (χ0v) is 10.8. The number of rotatable bonds is 5. The van der Waals surface area contributed by atoms with Gasteiger partial charge in [0.1, 0.15) is 5.75 Å². The van der Waals surface area contributed by atoms with E-state index in [4.69, 9.17) is 10.5 Å². The first-order chi connectivity index (χ1) is 8.70. The lowest BCUT2D eigenvalue weighted by Crippen LogP contribution is -2.08. The minimum Gasteiger partial charge on any atom is -0.494 e. The summed E-state index contributed by atoms with van der Waals surface area (Å²) in [6.45, 7) is 5.32. The molecule has 0 saturated heterocycles. The van der Waals surface area contributed by atoms with Crippen LogP contribution in [0, 0.1) is 0 Å². The Bertz CT molecular complexity index is 492. The van der Waals surface area contributed by atoms with E-state index in [2.05, 4.69) is 11.2 Å². The maximum atomic E-state index is 5.92. The monoisotopic (exact) mass is 245 g/mol. The first-order valence-corrected chi connectivity index (χ1v) is 6.19. The minimum absolute atomic E-state index is 0.0250. The molecule has 0 aliphatic rings. The Hall–Kier alpha value is -1.81. The van der Waals surface area contributed by atoms with Gasteiger partial charge in [-0.2, -0.15) is 5.10 Å². The van der Waals surface area contributed by atoms with Crippen LogP contribution in [0.25, 0.3) is 0 Å². The second-order valence-corrected chi connectivity index (χ2v) is 4.29. The maximum Gasteiger partial charge on any atom is 0.124 e. The normalized spacial score (nSPS) is 12.4.